The summed E-state index contributed by atoms with van der Waals surface area (Å²) in [6.07, 6.45) is 7.81. The van der Waals surface area contributed by atoms with E-state index in [4.69, 9.17) is 4.98 Å². The lowest BCUT2D eigenvalue weighted by Crippen LogP contribution is -3.08. The Morgan fingerprint density at radius 1 is 1.00 bits per heavy atom. The number of fused-ring (bicyclic) bond motifs is 2. The van der Waals surface area contributed by atoms with Gasteiger partial charge in [0.05, 0.1) is 12.7 Å². The number of carbonyl (C=O) groups is 1. The van der Waals surface area contributed by atoms with E-state index in [1.807, 2.05) is 6.07 Å². The van der Waals surface area contributed by atoms with Crippen molar-refractivity contribution in [3.63, 3.8) is 0 Å². The van der Waals surface area contributed by atoms with Crippen molar-refractivity contribution < 1.29 is 9.69 Å². The number of hydrogen-bond donors (Lipinski definition) is 2. The third kappa shape index (κ3) is 3.65. The zero-order chi connectivity index (χ0) is 17.9. The summed E-state index contributed by atoms with van der Waals surface area (Å²) in [6, 6.07) is 10.4. The van der Waals surface area contributed by atoms with Crippen molar-refractivity contribution in [2.75, 3.05) is 18.9 Å². The van der Waals surface area contributed by atoms with E-state index < -0.39 is 0 Å². The Bertz CT molecular complexity index is 801. The van der Waals surface area contributed by atoms with Crippen molar-refractivity contribution >= 4 is 11.6 Å². The van der Waals surface area contributed by atoms with Crippen molar-refractivity contribution in [2.45, 2.75) is 51.5 Å². The lowest BCUT2D eigenvalue weighted by molar-refractivity contribution is -0.885. The minimum Gasteiger partial charge on any atom is -0.326 e. The Kier molecular flexibility index (Phi) is 5.02. The molecule has 2 N–H and O–H groups in total. The third-order valence-electron chi connectivity index (χ3n) is 5.58. The maximum Gasteiger partial charge on any atom is 0.279 e. The minimum atomic E-state index is 0.117. The normalized spacial score (nSPS) is 16.7. The van der Waals surface area contributed by atoms with Gasteiger partial charge in [0.15, 0.2) is 6.54 Å². The van der Waals surface area contributed by atoms with E-state index in [9.17, 15) is 4.79 Å². The molecule has 2 aromatic rings. The van der Waals surface area contributed by atoms with Crippen LogP contribution in [0.4, 0.5) is 5.69 Å². The van der Waals surface area contributed by atoms with Gasteiger partial charge in [0.2, 0.25) is 0 Å². The summed E-state index contributed by atoms with van der Waals surface area (Å²) < 4.78 is 0. The predicted molar refractivity (Wildman–Crippen MR) is 103 cm³/mol. The molecule has 1 heterocycles. The first-order chi connectivity index (χ1) is 12.7. The number of rotatable bonds is 5. The monoisotopic (exact) mass is 350 g/mol. The summed E-state index contributed by atoms with van der Waals surface area (Å²) in [5, 5.41) is 3.29. The van der Waals surface area contributed by atoms with Gasteiger partial charge in [0.1, 0.15) is 6.54 Å². The Hall–Kier alpha value is -2.20. The van der Waals surface area contributed by atoms with Crippen LogP contribution in [0.3, 0.4) is 0 Å². The zero-order valence-electron chi connectivity index (χ0n) is 15.6. The van der Waals surface area contributed by atoms with Gasteiger partial charge in [-0.15, -0.1) is 0 Å². The van der Waals surface area contributed by atoms with Gasteiger partial charge in [-0.05, 0) is 56.1 Å². The molecule has 0 bridgehead atoms. The summed E-state index contributed by atoms with van der Waals surface area (Å²) in [4.78, 5) is 18.9. The van der Waals surface area contributed by atoms with Gasteiger partial charge in [-0.25, -0.2) is 0 Å². The van der Waals surface area contributed by atoms with Crippen LogP contribution in [0.15, 0.2) is 30.3 Å². The number of pyridine rings is 1. The number of anilines is 1. The maximum absolute atomic E-state index is 12.7. The molecule has 1 aromatic carbocycles. The fraction of sp³-hybridized carbons (Fsp3) is 0.455. The number of aryl methyl sites for hydroxylation is 2. The summed E-state index contributed by atoms with van der Waals surface area (Å²) in [7, 11) is 2.08. The van der Waals surface area contributed by atoms with Crippen LogP contribution in [0.2, 0.25) is 0 Å². The largest absolute Gasteiger partial charge is 0.326 e. The summed E-state index contributed by atoms with van der Waals surface area (Å²) in [5.74, 6) is 0.117. The predicted octanol–water partition coefficient (Wildman–Crippen LogP) is 2.10. The van der Waals surface area contributed by atoms with Crippen LogP contribution in [0.25, 0.3) is 0 Å². The second kappa shape index (κ2) is 7.58. The number of amides is 1. The van der Waals surface area contributed by atoms with Crippen molar-refractivity contribution in [2.24, 2.45) is 0 Å². The molecule has 2 aliphatic carbocycles. The van der Waals surface area contributed by atoms with Gasteiger partial charge in [-0.1, -0.05) is 30.3 Å². The smallest absolute Gasteiger partial charge is 0.279 e. The molecular formula is C22H28N3O+. The standard InChI is InChI=1S/C22H27N3O/c1-25(14-16-8-3-2-4-9-16)15-21(26)24-22-17-10-5-6-12-19(17)23-20-13-7-11-18(20)22/h2-4,8-9H,5-7,10-15H2,1H3,(H,23,24,26)/p+1. The van der Waals surface area contributed by atoms with Crippen LogP contribution in [-0.4, -0.2) is 24.5 Å². The Balaban J connectivity index is 1.48. The molecule has 0 fully saturated rings. The van der Waals surface area contributed by atoms with E-state index in [0.29, 0.717) is 6.54 Å². The molecule has 4 heteroatoms. The van der Waals surface area contributed by atoms with Gasteiger partial charge in [0, 0.05) is 17.0 Å². The number of aromatic nitrogens is 1. The maximum atomic E-state index is 12.7. The van der Waals surface area contributed by atoms with Gasteiger partial charge in [-0.3, -0.25) is 9.78 Å². The van der Waals surface area contributed by atoms with Gasteiger partial charge in [-0.2, -0.15) is 0 Å². The second-order valence-electron chi connectivity index (χ2n) is 7.74. The number of carbonyl (C=O) groups excluding carboxylic acids is 1. The third-order valence-corrected chi connectivity index (χ3v) is 5.58. The van der Waals surface area contributed by atoms with E-state index in [1.54, 1.807) is 0 Å². The molecule has 2 aliphatic rings. The highest BCUT2D eigenvalue weighted by Gasteiger charge is 2.26. The highest BCUT2D eigenvalue weighted by atomic mass is 16.2. The minimum absolute atomic E-state index is 0.117. The summed E-state index contributed by atoms with van der Waals surface area (Å²) >= 11 is 0. The SMILES string of the molecule is C[NH+](CC(=O)Nc1c2c(nc3c1CCC3)CCCC2)Cc1ccccc1. The molecule has 0 aliphatic heterocycles. The fourth-order valence-corrected chi connectivity index (χ4v) is 4.36. The molecule has 1 atom stereocenters. The second-order valence-corrected chi connectivity index (χ2v) is 7.74. The summed E-state index contributed by atoms with van der Waals surface area (Å²) in [6.45, 7) is 1.35. The molecule has 136 valence electrons. The highest BCUT2D eigenvalue weighted by molar-refractivity contribution is 5.93. The Morgan fingerprint density at radius 3 is 2.42 bits per heavy atom. The molecule has 0 spiro atoms. The van der Waals surface area contributed by atoms with E-state index in [-0.39, 0.29) is 5.91 Å². The molecule has 4 rings (SSSR count). The van der Waals surface area contributed by atoms with E-state index in [1.165, 1.54) is 45.8 Å². The van der Waals surface area contributed by atoms with Gasteiger partial charge < -0.3 is 10.2 Å². The average Bonchev–Trinajstić information content (AvgIpc) is 3.10. The molecule has 4 nitrogen and oxygen atoms in total. The van der Waals surface area contributed by atoms with E-state index in [2.05, 4.69) is 36.6 Å². The average molecular weight is 350 g/mol. The first-order valence-electron chi connectivity index (χ1n) is 9.89. The molecule has 1 amide bonds. The molecule has 0 saturated heterocycles. The van der Waals surface area contributed by atoms with Crippen molar-refractivity contribution in [3.05, 3.63) is 58.4 Å². The van der Waals surface area contributed by atoms with Crippen molar-refractivity contribution in [1.82, 2.24) is 4.98 Å². The highest BCUT2D eigenvalue weighted by Crippen LogP contribution is 2.35. The fourth-order valence-electron chi connectivity index (χ4n) is 4.36. The number of hydrogen-bond acceptors (Lipinski definition) is 2. The molecule has 26 heavy (non-hydrogen) atoms. The first kappa shape index (κ1) is 17.2. The van der Waals surface area contributed by atoms with Crippen LogP contribution in [0.1, 0.15) is 47.3 Å². The van der Waals surface area contributed by atoms with Gasteiger partial charge in [0.25, 0.3) is 5.91 Å². The molecule has 0 saturated carbocycles. The van der Waals surface area contributed by atoms with Crippen LogP contribution >= 0.6 is 0 Å². The van der Waals surface area contributed by atoms with Crippen molar-refractivity contribution in [3.8, 4) is 0 Å². The quantitative estimate of drug-likeness (QED) is 0.868. The van der Waals surface area contributed by atoms with Crippen LogP contribution in [0.5, 0.6) is 0 Å². The number of likely N-dealkylation sites (N-methyl/N-ethyl adjacent to an activating group) is 1. The van der Waals surface area contributed by atoms with Crippen molar-refractivity contribution in [1.29, 1.82) is 0 Å². The molecule has 0 radical (unpaired) electrons. The molecule has 1 aromatic heterocycles. The number of quaternary nitrogens is 1. The van der Waals surface area contributed by atoms with E-state index >= 15 is 0 Å². The lowest BCUT2D eigenvalue weighted by Gasteiger charge is -2.22. The molecular weight excluding hydrogens is 322 g/mol. The van der Waals surface area contributed by atoms with E-state index in [0.717, 1.165) is 44.3 Å². The Labute approximate surface area is 155 Å². The van der Waals surface area contributed by atoms with Crippen LogP contribution in [-0.2, 0) is 37.0 Å². The topological polar surface area (TPSA) is 46.4 Å². The number of nitrogens with zero attached hydrogens (tertiary/aromatic N) is 1. The van der Waals surface area contributed by atoms with Crippen LogP contribution < -0.4 is 10.2 Å². The number of nitrogens with one attached hydrogen (secondary N) is 2. The van der Waals surface area contributed by atoms with Gasteiger partial charge >= 0.3 is 0 Å². The zero-order valence-corrected chi connectivity index (χ0v) is 15.6. The lowest BCUT2D eigenvalue weighted by atomic mass is 9.92. The first-order valence-corrected chi connectivity index (χ1v) is 9.89. The number of benzene rings is 1. The Morgan fingerprint density at radius 2 is 1.65 bits per heavy atom. The van der Waals surface area contributed by atoms with Crippen LogP contribution in [0, 0.1) is 0 Å². The summed E-state index contributed by atoms with van der Waals surface area (Å²) in [5.41, 5.74) is 7.45. The molecule has 1 unspecified atom stereocenters.